The van der Waals surface area contributed by atoms with Crippen LogP contribution < -0.4 is 47.9 Å². The summed E-state index contributed by atoms with van der Waals surface area (Å²) in [6.07, 6.45) is 3.46. The summed E-state index contributed by atoms with van der Waals surface area (Å²) in [5, 5.41) is 19.9. The monoisotopic (exact) mass is 903 g/mol. The average molecular weight is 904 g/mol. The van der Waals surface area contributed by atoms with Crippen LogP contribution >= 0.6 is 0 Å². The predicted molar refractivity (Wildman–Crippen MR) is 249 cm³/mol. The number of hydrogen-bond donors (Lipinski definition) is 7. The van der Waals surface area contributed by atoms with Gasteiger partial charge in [-0.05, 0) is 86.5 Å². The van der Waals surface area contributed by atoms with Crippen LogP contribution in [0.25, 0.3) is 22.5 Å². The van der Waals surface area contributed by atoms with Gasteiger partial charge in [0.25, 0.3) is 5.91 Å². The molecule has 350 valence electrons. The molecule has 1 aliphatic heterocycles. The van der Waals surface area contributed by atoms with E-state index in [9.17, 15) is 24.0 Å². The maximum Gasteiger partial charge on any atom is 0.255 e. The first-order valence-corrected chi connectivity index (χ1v) is 22.1. The lowest BCUT2D eigenvalue weighted by atomic mass is 9.93. The summed E-state index contributed by atoms with van der Waals surface area (Å²) in [4.78, 5) is 80.5. The zero-order chi connectivity index (χ0) is 47.9. The lowest BCUT2D eigenvalue weighted by Crippen LogP contribution is -2.56. The molecule has 18 heteroatoms. The van der Waals surface area contributed by atoms with E-state index < -0.39 is 53.7 Å². The Balaban J connectivity index is 1.53. The lowest BCUT2D eigenvalue weighted by Gasteiger charge is -2.32. The standard InChI is InChI=1S/C48H61N11O7/c1-28(2)6-7-31-8-11-33(12-9-31)43-54-27-37(29(3)55-43)45(61)57-38(16-17-49)48(64)59(5)42-34-13-15-41(66-23-20-52)36(26-34)35-24-32(10-14-40(35)65-22-19-51)25-39(46(62)53-21-18-50)58-44(60)30(4)56-47(42)63/h8-15,24,26-28,30,38-39,42H,6-7,16-17,19-23,25,49,51-52H2,1-5H3,(H,53,62)(H,56,63)(H,57,61)(H,58,60). The number of rotatable bonds is 18. The third-order valence-corrected chi connectivity index (χ3v) is 11.1. The van der Waals surface area contributed by atoms with Gasteiger partial charge in [0.2, 0.25) is 23.6 Å². The molecule has 4 bridgehead atoms. The molecule has 0 saturated heterocycles. The zero-order valence-corrected chi connectivity index (χ0v) is 38.2. The molecule has 1 aromatic heterocycles. The van der Waals surface area contributed by atoms with E-state index in [1.165, 1.54) is 30.6 Å². The largest absolute Gasteiger partial charge is 0.492 e. The molecule has 0 spiro atoms. The van der Waals surface area contributed by atoms with Crippen LogP contribution in [0.15, 0.2) is 66.9 Å². The number of nitriles is 1. The van der Waals surface area contributed by atoms with Gasteiger partial charge in [-0.3, -0.25) is 24.0 Å². The molecular formula is C48H61N11O7. The number of fused-ring (bicyclic) bond motifs is 5. The second-order valence-electron chi connectivity index (χ2n) is 16.5. The van der Waals surface area contributed by atoms with Crippen molar-refractivity contribution in [1.29, 1.82) is 5.26 Å². The molecule has 2 heterocycles. The Bertz CT molecular complexity index is 2400. The summed E-state index contributed by atoms with van der Waals surface area (Å²) in [7, 11) is 1.41. The van der Waals surface area contributed by atoms with Crippen LogP contribution in [0, 0.1) is 24.2 Å². The Kier molecular flexibility index (Phi) is 18.1. The van der Waals surface area contributed by atoms with E-state index in [0.717, 1.165) is 18.4 Å². The number of aryl methyl sites for hydroxylation is 2. The quantitative estimate of drug-likeness (QED) is 0.0707. The van der Waals surface area contributed by atoms with Gasteiger partial charge in [0.05, 0.1) is 17.3 Å². The minimum absolute atomic E-state index is 0.00251. The molecule has 18 nitrogen and oxygen atoms in total. The number of amides is 5. The first-order valence-electron chi connectivity index (χ1n) is 22.1. The number of ether oxygens (including phenoxy) is 2. The highest BCUT2D eigenvalue weighted by molar-refractivity contribution is 6.00. The van der Waals surface area contributed by atoms with Gasteiger partial charge >= 0.3 is 0 Å². The van der Waals surface area contributed by atoms with Gasteiger partial charge in [0, 0.05) is 49.4 Å². The Labute approximate surface area is 385 Å². The Morgan fingerprint density at radius 1 is 0.909 bits per heavy atom. The maximum atomic E-state index is 14.7. The van der Waals surface area contributed by atoms with E-state index in [0.29, 0.717) is 51.2 Å². The molecule has 3 aromatic carbocycles. The van der Waals surface area contributed by atoms with Gasteiger partial charge in [-0.25, -0.2) is 9.97 Å². The van der Waals surface area contributed by atoms with Crippen LogP contribution in [0.1, 0.15) is 72.4 Å². The van der Waals surface area contributed by atoms with Crippen LogP contribution in [0.4, 0.5) is 0 Å². The normalized spacial score (nSPS) is 16.5. The lowest BCUT2D eigenvalue weighted by molar-refractivity contribution is -0.141. The second kappa shape index (κ2) is 23.8. The molecule has 4 atom stereocenters. The molecule has 0 saturated carbocycles. The van der Waals surface area contributed by atoms with Crippen LogP contribution in [0.2, 0.25) is 0 Å². The van der Waals surface area contributed by atoms with Crippen LogP contribution in [-0.4, -0.2) is 109 Å². The van der Waals surface area contributed by atoms with Crippen molar-refractivity contribution in [1.82, 2.24) is 36.1 Å². The van der Waals surface area contributed by atoms with E-state index in [2.05, 4.69) is 45.1 Å². The number of likely N-dealkylation sites (N-methyl/N-ethyl adjacent to an activating group) is 1. The number of nitrogens with zero attached hydrogens (tertiary/aromatic N) is 4. The van der Waals surface area contributed by atoms with Crippen molar-refractivity contribution in [2.75, 3.05) is 46.4 Å². The highest BCUT2D eigenvalue weighted by Crippen LogP contribution is 2.40. The van der Waals surface area contributed by atoms with Gasteiger partial charge in [0.1, 0.15) is 55.4 Å². The van der Waals surface area contributed by atoms with Crippen molar-refractivity contribution >= 4 is 29.5 Å². The smallest absolute Gasteiger partial charge is 0.255 e. The van der Waals surface area contributed by atoms with Crippen molar-refractivity contribution in [2.45, 2.75) is 77.5 Å². The predicted octanol–water partition coefficient (Wildman–Crippen LogP) is 2.21. The summed E-state index contributed by atoms with van der Waals surface area (Å²) in [5.74, 6) is -1.55. The number of benzene rings is 3. The first kappa shape index (κ1) is 50.1. The molecular weight excluding hydrogens is 843 g/mol. The number of carbonyl (C=O) groups excluding carboxylic acids is 5. The third kappa shape index (κ3) is 12.9. The van der Waals surface area contributed by atoms with Crippen LogP contribution in [-0.2, 0) is 32.0 Å². The number of nitrogens with two attached hydrogens (primary N) is 3. The zero-order valence-electron chi connectivity index (χ0n) is 38.2. The molecule has 66 heavy (non-hydrogen) atoms. The Morgan fingerprint density at radius 2 is 1.58 bits per heavy atom. The van der Waals surface area contributed by atoms with Gasteiger partial charge in [-0.15, -0.1) is 0 Å². The summed E-state index contributed by atoms with van der Waals surface area (Å²) < 4.78 is 12.2. The fourth-order valence-electron chi connectivity index (χ4n) is 7.47. The molecule has 5 rings (SSSR count). The summed E-state index contributed by atoms with van der Waals surface area (Å²) in [6, 6.07) is 15.0. The number of aromatic nitrogens is 2. The van der Waals surface area contributed by atoms with Crippen molar-refractivity contribution in [3.63, 3.8) is 0 Å². The fraction of sp³-hybridized carbons (Fsp3) is 0.417. The number of hydrogen-bond acceptors (Lipinski definition) is 13. The molecule has 0 fully saturated rings. The summed E-state index contributed by atoms with van der Waals surface area (Å²) in [6.45, 7) is 7.87. The molecule has 1 aliphatic rings. The van der Waals surface area contributed by atoms with Gasteiger partial charge in [-0.1, -0.05) is 50.2 Å². The fourth-order valence-corrected chi connectivity index (χ4v) is 7.47. The Hall–Kier alpha value is -6.94. The van der Waals surface area contributed by atoms with Crippen molar-refractivity contribution in [3.8, 4) is 40.1 Å². The number of nitrogens with one attached hydrogen (secondary N) is 4. The minimum atomic E-state index is -1.40. The molecule has 0 radical (unpaired) electrons. The highest BCUT2D eigenvalue weighted by atomic mass is 16.5. The third-order valence-electron chi connectivity index (χ3n) is 11.1. The molecule has 4 aromatic rings. The molecule has 0 aliphatic carbocycles. The number of carbonyl (C=O) groups is 5. The average Bonchev–Trinajstić information content (AvgIpc) is 3.30. The van der Waals surface area contributed by atoms with Crippen molar-refractivity contribution in [3.05, 3.63) is 94.8 Å². The van der Waals surface area contributed by atoms with Gasteiger partial charge < -0.3 is 52.8 Å². The Morgan fingerprint density at radius 3 is 2.20 bits per heavy atom. The van der Waals surface area contributed by atoms with E-state index >= 15 is 0 Å². The summed E-state index contributed by atoms with van der Waals surface area (Å²) in [5.41, 5.74) is 22.1. The SMILES string of the molecule is Cc1nc(-c2ccc(CCC(C)C)cc2)ncc1C(=O)NC(CCN)C(=O)N(C)C1C(=O)NC(C)C(=O)NC(C(=O)NCC#N)Cc2ccc(OCCN)c(c2)-c2cc1ccc2OCCN. The maximum absolute atomic E-state index is 14.7. The van der Waals surface area contributed by atoms with E-state index in [4.69, 9.17) is 31.9 Å². The second-order valence-corrected chi connectivity index (χ2v) is 16.5. The minimum Gasteiger partial charge on any atom is -0.492 e. The first-order chi connectivity index (χ1) is 31.7. The topological polar surface area (TPSA) is 283 Å². The van der Waals surface area contributed by atoms with Crippen LogP contribution in [0.3, 0.4) is 0 Å². The summed E-state index contributed by atoms with van der Waals surface area (Å²) >= 11 is 0. The highest BCUT2D eigenvalue weighted by Gasteiger charge is 2.36. The van der Waals surface area contributed by atoms with Crippen molar-refractivity contribution in [2.24, 2.45) is 23.1 Å². The van der Waals surface area contributed by atoms with E-state index in [1.807, 2.05) is 30.3 Å². The van der Waals surface area contributed by atoms with Crippen LogP contribution in [0.5, 0.6) is 11.5 Å². The molecule has 10 N–H and O–H groups in total. The van der Waals surface area contributed by atoms with Gasteiger partial charge in [-0.2, -0.15) is 5.26 Å². The molecule has 4 unspecified atom stereocenters. The van der Waals surface area contributed by atoms with Gasteiger partial charge in [0.15, 0.2) is 5.82 Å². The van der Waals surface area contributed by atoms with E-state index in [1.54, 1.807) is 43.3 Å². The van der Waals surface area contributed by atoms with E-state index in [-0.39, 0.29) is 57.8 Å². The van der Waals surface area contributed by atoms with Crippen molar-refractivity contribution < 1.29 is 33.4 Å². The molecule has 5 amide bonds.